The van der Waals surface area contributed by atoms with Gasteiger partial charge in [0, 0.05) is 24.4 Å². The minimum absolute atomic E-state index is 0.262. The van der Waals surface area contributed by atoms with Gasteiger partial charge in [-0.3, -0.25) is 19.4 Å². The van der Waals surface area contributed by atoms with Gasteiger partial charge in [0.15, 0.2) is 0 Å². The first-order valence-electron chi connectivity index (χ1n) is 10.2. The van der Waals surface area contributed by atoms with E-state index in [1.165, 1.54) is 12.3 Å². The van der Waals surface area contributed by atoms with Crippen LogP contribution in [0, 0.1) is 0 Å². The maximum atomic E-state index is 13.4. The number of likely N-dealkylation sites (tertiary alicyclic amines) is 1. The van der Waals surface area contributed by atoms with E-state index in [0.29, 0.717) is 36.1 Å². The summed E-state index contributed by atoms with van der Waals surface area (Å²) < 4.78 is 32.6. The highest BCUT2D eigenvalue weighted by molar-refractivity contribution is 6.07. The number of pyridine rings is 1. The third kappa shape index (κ3) is 5.88. The van der Waals surface area contributed by atoms with Crippen molar-refractivity contribution in [3.8, 4) is 5.75 Å². The quantitative estimate of drug-likeness (QED) is 0.491. The van der Waals surface area contributed by atoms with Crippen molar-refractivity contribution in [3.63, 3.8) is 0 Å². The van der Waals surface area contributed by atoms with Crippen LogP contribution in [0.5, 0.6) is 5.75 Å². The number of rotatable bonds is 9. The van der Waals surface area contributed by atoms with Crippen LogP contribution in [0.25, 0.3) is 10.9 Å². The summed E-state index contributed by atoms with van der Waals surface area (Å²) in [5, 5.41) is 2.97. The summed E-state index contributed by atoms with van der Waals surface area (Å²) in [5.74, 6) is -4.11. The number of carbonyl (C=O) groups is 3. The summed E-state index contributed by atoms with van der Waals surface area (Å²) in [6.45, 7) is -0.848. The molecule has 1 atom stereocenters. The number of primary amides is 1. The Balaban J connectivity index is 1.63. The third-order valence-electron chi connectivity index (χ3n) is 5.07. The Bertz CT molecular complexity index is 1020. The lowest BCUT2D eigenvalue weighted by Crippen LogP contribution is -2.46. The van der Waals surface area contributed by atoms with Gasteiger partial charge >= 0.3 is 0 Å². The molecule has 0 spiro atoms. The van der Waals surface area contributed by atoms with E-state index < -0.39 is 43.4 Å². The molecule has 2 aromatic rings. The van der Waals surface area contributed by atoms with Gasteiger partial charge in [0.05, 0.1) is 36.9 Å². The average molecular weight is 449 g/mol. The SMILES string of the molecule is NC(=O)CCCCOc1ccc2nccc(C(=O)NCC(=O)N3CC(F)(F)C[C@H]3N)c2c1. The first kappa shape index (κ1) is 23.3. The predicted octanol–water partition coefficient (Wildman–Crippen LogP) is 1.15. The average Bonchev–Trinajstić information content (AvgIpc) is 3.03. The number of hydrogen-bond donors (Lipinski definition) is 3. The van der Waals surface area contributed by atoms with Crippen molar-refractivity contribution in [3.05, 3.63) is 36.0 Å². The lowest BCUT2D eigenvalue weighted by molar-refractivity contribution is -0.132. The largest absolute Gasteiger partial charge is 0.494 e. The molecule has 1 aliphatic rings. The fourth-order valence-electron chi connectivity index (χ4n) is 3.48. The fraction of sp³-hybridized carbons (Fsp3) is 0.429. The highest BCUT2D eigenvalue weighted by atomic mass is 19.3. The molecule has 1 aromatic heterocycles. The van der Waals surface area contributed by atoms with Gasteiger partial charge in [-0.25, -0.2) is 8.78 Å². The maximum absolute atomic E-state index is 13.4. The number of alkyl halides is 2. The molecule has 172 valence electrons. The molecule has 0 unspecified atom stereocenters. The molecule has 0 saturated carbocycles. The number of fused-ring (bicyclic) bond motifs is 1. The molecule has 1 aromatic carbocycles. The van der Waals surface area contributed by atoms with Crippen molar-refractivity contribution in [2.24, 2.45) is 11.5 Å². The van der Waals surface area contributed by atoms with Crippen LogP contribution in [0.3, 0.4) is 0 Å². The molecule has 11 heteroatoms. The molecule has 1 fully saturated rings. The number of nitrogens with two attached hydrogens (primary N) is 2. The van der Waals surface area contributed by atoms with Crippen molar-refractivity contribution in [2.75, 3.05) is 19.7 Å². The number of unbranched alkanes of at least 4 members (excludes halogenated alkanes) is 1. The number of carbonyl (C=O) groups excluding carboxylic acids is 3. The van der Waals surface area contributed by atoms with E-state index in [4.69, 9.17) is 16.2 Å². The van der Waals surface area contributed by atoms with Crippen molar-refractivity contribution in [1.29, 1.82) is 0 Å². The summed E-state index contributed by atoms with van der Waals surface area (Å²) >= 11 is 0. The summed E-state index contributed by atoms with van der Waals surface area (Å²) in [6.07, 6.45) is 1.31. The molecular formula is C21H25F2N5O4. The molecule has 0 aliphatic carbocycles. The minimum atomic E-state index is -3.03. The van der Waals surface area contributed by atoms with Crippen molar-refractivity contribution in [1.82, 2.24) is 15.2 Å². The number of benzene rings is 1. The van der Waals surface area contributed by atoms with Gasteiger partial charge in [0.2, 0.25) is 11.8 Å². The maximum Gasteiger partial charge on any atom is 0.268 e. The molecule has 32 heavy (non-hydrogen) atoms. The molecule has 1 saturated heterocycles. The van der Waals surface area contributed by atoms with Gasteiger partial charge in [-0.05, 0) is 37.1 Å². The number of aromatic nitrogens is 1. The van der Waals surface area contributed by atoms with Crippen molar-refractivity contribution in [2.45, 2.75) is 37.8 Å². The Hall–Kier alpha value is -3.34. The van der Waals surface area contributed by atoms with Gasteiger partial charge in [-0.2, -0.15) is 0 Å². The second-order valence-corrected chi connectivity index (χ2v) is 7.64. The number of hydrogen-bond acceptors (Lipinski definition) is 6. The van der Waals surface area contributed by atoms with Gasteiger partial charge in [-0.1, -0.05) is 0 Å². The van der Waals surface area contributed by atoms with E-state index in [1.54, 1.807) is 18.2 Å². The summed E-state index contributed by atoms with van der Waals surface area (Å²) in [4.78, 5) is 40.8. The molecule has 5 N–H and O–H groups in total. The standard InChI is InChI=1S/C21H25F2N5O4/c22-21(23)10-17(24)28(12-21)19(30)11-27-20(31)14-6-7-26-16-5-4-13(9-15(14)16)32-8-2-1-3-18(25)29/h4-7,9,17H,1-3,8,10-12,24H2,(H2,25,29)(H,27,31)/t17-/m0/s1. The number of nitrogens with zero attached hydrogens (tertiary/aromatic N) is 2. The molecule has 3 rings (SSSR count). The molecule has 9 nitrogen and oxygen atoms in total. The van der Waals surface area contributed by atoms with Crippen LogP contribution in [0.4, 0.5) is 8.78 Å². The minimum Gasteiger partial charge on any atom is -0.494 e. The van der Waals surface area contributed by atoms with Crippen molar-refractivity contribution >= 4 is 28.6 Å². The van der Waals surface area contributed by atoms with Crippen LogP contribution >= 0.6 is 0 Å². The summed E-state index contributed by atoms with van der Waals surface area (Å²) in [5.41, 5.74) is 11.5. The Kier molecular flexibility index (Phi) is 7.18. The summed E-state index contributed by atoms with van der Waals surface area (Å²) in [7, 11) is 0. The molecular weight excluding hydrogens is 424 g/mol. The van der Waals surface area contributed by atoms with E-state index in [0.717, 1.165) is 4.90 Å². The molecule has 2 heterocycles. The lowest BCUT2D eigenvalue weighted by Gasteiger charge is -2.20. The Morgan fingerprint density at radius 3 is 2.72 bits per heavy atom. The van der Waals surface area contributed by atoms with E-state index in [1.807, 2.05) is 0 Å². The zero-order valence-electron chi connectivity index (χ0n) is 17.4. The van der Waals surface area contributed by atoms with E-state index in [-0.39, 0.29) is 17.9 Å². The van der Waals surface area contributed by atoms with Crippen LogP contribution < -0.4 is 21.5 Å². The Morgan fingerprint density at radius 1 is 1.25 bits per heavy atom. The number of amides is 3. The molecule has 1 aliphatic heterocycles. The smallest absolute Gasteiger partial charge is 0.268 e. The van der Waals surface area contributed by atoms with Crippen molar-refractivity contribution < 1.29 is 27.9 Å². The monoisotopic (exact) mass is 449 g/mol. The second kappa shape index (κ2) is 9.86. The number of halogens is 2. The van der Waals surface area contributed by atoms with Crippen LogP contribution in [0.15, 0.2) is 30.5 Å². The zero-order chi connectivity index (χ0) is 23.3. The molecule has 0 bridgehead atoms. The number of nitrogens with one attached hydrogen (secondary N) is 1. The highest BCUT2D eigenvalue weighted by Crippen LogP contribution is 2.29. The zero-order valence-corrected chi connectivity index (χ0v) is 17.4. The first-order chi connectivity index (χ1) is 15.2. The van der Waals surface area contributed by atoms with Crippen LogP contribution in [0.1, 0.15) is 36.0 Å². The van der Waals surface area contributed by atoms with Gasteiger partial charge in [0.25, 0.3) is 11.8 Å². The normalized spacial score (nSPS) is 17.3. The topological polar surface area (TPSA) is 141 Å². The Labute approximate surface area is 183 Å². The van der Waals surface area contributed by atoms with Gasteiger partial charge in [0.1, 0.15) is 5.75 Å². The fourth-order valence-corrected chi connectivity index (χ4v) is 3.48. The molecule has 0 radical (unpaired) electrons. The first-order valence-corrected chi connectivity index (χ1v) is 10.2. The predicted molar refractivity (Wildman–Crippen MR) is 112 cm³/mol. The van der Waals surface area contributed by atoms with Gasteiger partial charge in [-0.15, -0.1) is 0 Å². The second-order valence-electron chi connectivity index (χ2n) is 7.64. The highest BCUT2D eigenvalue weighted by Gasteiger charge is 2.45. The Morgan fingerprint density at radius 2 is 2.03 bits per heavy atom. The van der Waals surface area contributed by atoms with Crippen LogP contribution in [-0.2, 0) is 9.59 Å². The van der Waals surface area contributed by atoms with E-state index >= 15 is 0 Å². The number of ether oxygens (including phenoxy) is 1. The summed E-state index contributed by atoms with van der Waals surface area (Å²) in [6, 6.07) is 6.56. The van der Waals surface area contributed by atoms with E-state index in [9.17, 15) is 23.2 Å². The molecule has 3 amide bonds. The van der Waals surface area contributed by atoms with Gasteiger partial charge < -0.3 is 26.4 Å². The van der Waals surface area contributed by atoms with E-state index in [2.05, 4.69) is 10.3 Å². The third-order valence-corrected chi connectivity index (χ3v) is 5.07. The van der Waals surface area contributed by atoms with Crippen LogP contribution in [-0.4, -0.2) is 59.4 Å². The lowest BCUT2D eigenvalue weighted by atomic mass is 10.1. The van der Waals surface area contributed by atoms with Crippen LogP contribution in [0.2, 0.25) is 0 Å².